The first kappa shape index (κ1) is 12.9. The van der Waals surface area contributed by atoms with Crippen LogP contribution in [0.15, 0.2) is 24.5 Å². The van der Waals surface area contributed by atoms with E-state index in [4.69, 9.17) is 5.73 Å². The lowest BCUT2D eigenvalue weighted by Gasteiger charge is -2.33. The first-order valence-electron chi connectivity index (χ1n) is 6.83. The maximum Gasteiger partial charge on any atom is 0.255 e. The molecule has 0 aromatic carbocycles. The Morgan fingerprint density at radius 3 is 3.05 bits per heavy atom. The number of carbonyl (C=O) groups is 1. The zero-order valence-electron chi connectivity index (χ0n) is 11.1. The molecule has 1 saturated carbocycles. The van der Waals surface area contributed by atoms with Crippen molar-refractivity contribution in [3.05, 3.63) is 30.1 Å². The van der Waals surface area contributed by atoms with E-state index < -0.39 is 0 Å². The van der Waals surface area contributed by atoms with Crippen LogP contribution in [0.25, 0.3) is 5.52 Å². The molecule has 4 N–H and O–H groups in total. The number of nitrogens with zero attached hydrogens (tertiary/aromatic N) is 2. The van der Waals surface area contributed by atoms with Gasteiger partial charge in [-0.3, -0.25) is 4.79 Å². The minimum absolute atomic E-state index is 0.0300. The van der Waals surface area contributed by atoms with Gasteiger partial charge in [-0.05, 0) is 30.9 Å². The number of nitrogens with two attached hydrogens (primary N) is 1. The van der Waals surface area contributed by atoms with Crippen molar-refractivity contribution in [1.82, 2.24) is 14.9 Å². The number of nitrogen functional groups attached to an aromatic ring is 1. The highest BCUT2D eigenvalue weighted by molar-refractivity contribution is 6.01. The normalized spacial score (nSPS) is 16.9. The summed E-state index contributed by atoms with van der Waals surface area (Å²) in [5, 5.41) is 16.4. The fourth-order valence-corrected chi connectivity index (χ4v) is 2.57. The minimum Gasteiger partial charge on any atom is -0.399 e. The summed E-state index contributed by atoms with van der Waals surface area (Å²) in [4.78, 5) is 12.3. The van der Waals surface area contributed by atoms with Crippen molar-refractivity contribution in [2.24, 2.45) is 5.92 Å². The second-order valence-electron chi connectivity index (χ2n) is 5.30. The zero-order chi connectivity index (χ0) is 14.1. The zero-order valence-corrected chi connectivity index (χ0v) is 11.1. The Labute approximate surface area is 116 Å². The largest absolute Gasteiger partial charge is 0.399 e. The molecular weight excluding hydrogens is 256 g/mol. The summed E-state index contributed by atoms with van der Waals surface area (Å²) in [7, 11) is 0. The monoisotopic (exact) mass is 274 g/mol. The molecule has 6 nitrogen and oxygen atoms in total. The first-order valence-corrected chi connectivity index (χ1v) is 6.83. The molecule has 1 atom stereocenters. The van der Waals surface area contributed by atoms with Crippen LogP contribution in [-0.4, -0.2) is 33.3 Å². The Morgan fingerprint density at radius 2 is 2.40 bits per heavy atom. The molecule has 1 unspecified atom stereocenters. The second kappa shape index (κ2) is 5.13. The smallest absolute Gasteiger partial charge is 0.255 e. The minimum atomic E-state index is -0.212. The molecule has 1 aliphatic rings. The number of amides is 1. The molecule has 0 bridgehead atoms. The van der Waals surface area contributed by atoms with E-state index in [1.807, 2.05) is 0 Å². The van der Waals surface area contributed by atoms with Gasteiger partial charge < -0.3 is 16.2 Å². The molecule has 0 saturated heterocycles. The molecule has 2 heterocycles. The van der Waals surface area contributed by atoms with Crippen LogP contribution in [0.4, 0.5) is 5.69 Å². The number of fused-ring (bicyclic) bond motifs is 1. The Bertz CT molecular complexity index is 633. The van der Waals surface area contributed by atoms with Crippen molar-refractivity contribution >= 4 is 17.1 Å². The molecule has 1 aliphatic carbocycles. The van der Waals surface area contributed by atoms with Gasteiger partial charge in [-0.15, -0.1) is 0 Å². The highest BCUT2D eigenvalue weighted by Crippen LogP contribution is 2.29. The molecule has 106 valence electrons. The molecule has 0 radical (unpaired) electrons. The molecule has 3 rings (SSSR count). The lowest BCUT2D eigenvalue weighted by atomic mass is 9.80. The summed E-state index contributed by atoms with van der Waals surface area (Å²) in [6.45, 7) is -0.0300. The molecule has 1 amide bonds. The Kier molecular flexibility index (Phi) is 3.31. The van der Waals surface area contributed by atoms with Crippen LogP contribution >= 0.6 is 0 Å². The molecule has 0 aliphatic heterocycles. The summed E-state index contributed by atoms with van der Waals surface area (Å²) >= 11 is 0. The summed E-state index contributed by atoms with van der Waals surface area (Å²) in [5.74, 6) is 0.174. The fourth-order valence-electron chi connectivity index (χ4n) is 2.57. The van der Waals surface area contributed by atoms with Gasteiger partial charge in [0.2, 0.25) is 0 Å². The molecular formula is C14H18N4O2. The van der Waals surface area contributed by atoms with Gasteiger partial charge in [-0.2, -0.15) is 5.10 Å². The third-order valence-electron chi connectivity index (χ3n) is 4.02. The van der Waals surface area contributed by atoms with E-state index >= 15 is 0 Å². The van der Waals surface area contributed by atoms with Gasteiger partial charge >= 0.3 is 0 Å². The third-order valence-corrected chi connectivity index (χ3v) is 4.02. The first-order chi connectivity index (χ1) is 9.69. The average Bonchev–Trinajstić information content (AvgIpc) is 2.78. The third kappa shape index (κ3) is 2.22. The van der Waals surface area contributed by atoms with Crippen molar-refractivity contribution in [2.45, 2.75) is 25.3 Å². The van der Waals surface area contributed by atoms with E-state index in [2.05, 4.69) is 10.4 Å². The number of aliphatic hydroxyl groups is 1. The number of carbonyl (C=O) groups excluding carboxylic acids is 1. The van der Waals surface area contributed by atoms with E-state index in [0.717, 1.165) is 12.8 Å². The van der Waals surface area contributed by atoms with E-state index in [-0.39, 0.29) is 18.6 Å². The Balaban J connectivity index is 1.82. The van der Waals surface area contributed by atoms with Crippen molar-refractivity contribution in [3.63, 3.8) is 0 Å². The molecule has 6 heteroatoms. The predicted molar refractivity (Wildman–Crippen MR) is 75.3 cm³/mol. The summed E-state index contributed by atoms with van der Waals surface area (Å²) in [5.41, 5.74) is 7.49. The van der Waals surface area contributed by atoms with Crippen molar-refractivity contribution < 1.29 is 9.90 Å². The van der Waals surface area contributed by atoms with Crippen LogP contribution in [0.1, 0.15) is 29.6 Å². The fraction of sp³-hybridized carbons (Fsp3) is 0.429. The Morgan fingerprint density at radius 1 is 1.60 bits per heavy atom. The molecule has 0 spiro atoms. The number of anilines is 1. The molecule has 1 fully saturated rings. The average molecular weight is 274 g/mol. The lowest BCUT2D eigenvalue weighted by Crippen LogP contribution is -2.45. The quantitative estimate of drug-likeness (QED) is 0.769. The predicted octanol–water partition coefficient (Wildman–Crippen LogP) is 0.807. The van der Waals surface area contributed by atoms with E-state index in [0.29, 0.717) is 22.7 Å². The van der Waals surface area contributed by atoms with E-state index in [1.165, 1.54) is 12.6 Å². The molecule has 2 aromatic heterocycles. The second-order valence-corrected chi connectivity index (χ2v) is 5.30. The summed E-state index contributed by atoms with van der Waals surface area (Å²) < 4.78 is 1.61. The number of aliphatic hydroxyl groups excluding tert-OH is 1. The van der Waals surface area contributed by atoms with Crippen LogP contribution in [0, 0.1) is 5.92 Å². The molecule has 20 heavy (non-hydrogen) atoms. The van der Waals surface area contributed by atoms with Gasteiger partial charge in [0, 0.05) is 11.9 Å². The lowest BCUT2D eigenvalue weighted by molar-refractivity contribution is 0.0847. The number of pyridine rings is 1. The van der Waals surface area contributed by atoms with Crippen LogP contribution in [0.3, 0.4) is 0 Å². The summed E-state index contributed by atoms with van der Waals surface area (Å²) in [6, 6.07) is 3.28. The summed E-state index contributed by atoms with van der Waals surface area (Å²) in [6.07, 6.45) is 6.54. The van der Waals surface area contributed by atoms with Gasteiger partial charge in [0.1, 0.15) is 0 Å². The highest BCUT2D eigenvalue weighted by atomic mass is 16.3. The van der Waals surface area contributed by atoms with Gasteiger partial charge in [0.15, 0.2) is 0 Å². The van der Waals surface area contributed by atoms with Crippen molar-refractivity contribution in [3.8, 4) is 0 Å². The SMILES string of the molecule is Nc1ccn2ncc(C(=O)NC(CO)C3CCC3)c2c1. The van der Waals surface area contributed by atoms with Gasteiger partial charge in [0.05, 0.1) is 29.9 Å². The molecule has 2 aromatic rings. The maximum absolute atomic E-state index is 12.3. The van der Waals surface area contributed by atoms with Crippen molar-refractivity contribution in [2.75, 3.05) is 12.3 Å². The standard InChI is InChI=1S/C14H18N4O2/c15-10-4-5-18-13(6-10)11(7-16-18)14(20)17-12(8-19)9-2-1-3-9/h4-7,9,12,19H,1-3,8,15H2,(H,17,20). The number of hydrogen-bond acceptors (Lipinski definition) is 4. The number of rotatable bonds is 4. The topological polar surface area (TPSA) is 92.7 Å². The van der Waals surface area contributed by atoms with Crippen molar-refractivity contribution in [1.29, 1.82) is 0 Å². The number of hydrogen-bond donors (Lipinski definition) is 3. The van der Waals surface area contributed by atoms with Crippen LogP contribution < -0.4 is 11.1 Å². The van der Waals surface area contributed by atoms with Crippen LogP contribution in [0.5, 0.6) is 0 Å². The van der Waals surface area contributed by atoms with Crippen LogP contribution in [-0.2, 0) is 0 Å². The van der Waals surface area contributed by atoms with Gasteiger partial charge in [0.25, 0.3) is 5.91 Å². The van der Waals surface area contributed by atoms with Gasteiger partial charge in [-0.1, -0.05) is 6.42 Å². The van der Waals surface area contributed by atoms with E-state index in [9.17, 15) is 9.90 Å². The van der Waals surface area contributed by atoms with Gasteiger partial charge in [-0.25, -0.2) is 4.52 Å². The Hall–Kier alpha value is -2.08. The van der Waals surface area contributed by atoms with E-state index in [1.54, 1.807) is 22.8 Å². The maximum atomic E-state index is 12.3. The van der Waals surface area contributed by atoms with Crippen LogP contribution in [0.2, 0.25) is 0 Å². The number of aromatic nitrogens is 2. The number of nitrogens with one attached hydrogen (secondary N) is 1. The highest BCUT2D eigenvalue weighted by Gasteiger charge is 2.28.